The molecular weight excluding hydrogens is 223 g/mol. The van der Waals surface area contributed by atoms with Crippen LogP contribution in [0.3, 0.4) is 0 Å². The van der Waals surface area contributed by atoms with Gasteiger partial charge in [-0.05, 0) is 31.5 Å². The number of ether oxygens (including phenoxy) is 1. The molecule has 1 aromatic rings. The van der Waals surface area contributed by atoms with E-state index in [0.29, 0.717) is 12.5 Å². The summed E-state index contributed by atoms with van der Waals surface area (Å²) in [6, 6.07) is 2.45. The maximum absolute atomic E-state index is 12.8. The smallest absolute Gasteiger partial charge is 0.494 e. The molecule has 0 aliphatic rings. The van der Waals surface area contributed by atoms with Crippen LogP contribution < -0.4 is 10.2 Å². The largest absolute Gasteiger partial charge is 0.513 e. The summed E-state index contributed by atoms with van der Waals surface area (Å²) in [5.74, 6) is -1.21. The van der Waals surface area contributed by atoms with Crippen LogP contribution in [-0.2, 0) is 0 Å². The molecular formula is C10H12BF4O-. The van der Waals surface area contributed by atoms with Crippen molar-refractivity contribution in [2.45, 2.75) is 26.4 Å². The monoisotopic (exact) mass is 235 g/mol. The average Bonchev–Trinajstić information content (AvgIpc) is 2.19. The van der Waals surface area contributed by atoms with Crippen LogP contribution in [0.25, 0.3) is 0 Å². The quantitative estimate of drug-likeness (QED) is 0.575. The van der Waals surface area contributed by atoms with Crippen LogP contribution in [0.4, 0.5) is 17.3 Å². The lowest BCUT2D eigenvalue weighted by Gasteiger charge is -2.22. The Balaban J connectivity index is 3.08. The van der Waals surface area contributed by atoms with Crippen molar-refractivity contribution < 1.29 is 22.1 Å². The van der Waals surface area contributed by atoms with Gasteiger partial charge < -0.3 is 17.7 Å². The molecule has 0 spiro atoms. The third-order valence-electron chi connectivity index (χ3n) is 2.23. The van der Waals surface area contributed by atoms with Crippen molar-refractivity contribution in [1.29, 1.82) is 0 Å². The molecule has 0 fully saturated rings. The zero-order valence-corrected chi connectivity index (χ0v) is 9.01. The second-order valence-corrected chi connectivity index (χ2v) is 3.59. The molecule has 0 aliphatic heterocycles. The van der Waals surface area contributed by atoms with Gasteiger partial charge in [0, 0.05) is 0 Å². The minimum Gasteiger partial charge on any atom is -0.494 e. The van der Waals surface area contributed by atoms with Gasteiger partial charge in [-0.25, -0.2) is 4.39 Å². The van der Waals surface area contributed by atoms with Gasteiger partial charge in [0.05, 0.1) is 11.9 Å². The lowest BCUT2D eigenvalue weighted by atomic mass is 9.79. The van der Waals surface area contributed by atoms with Gasteiger partial charge in [-0.1, -0.05) is 12.4 Å². The Morgan fingerprint density at radius 2 is 1.94 bits per heavy atom. The van der Waals surface area contributed by atoms with E-state index in [1.165, 1.54) is 0 Å². The fourth-order valence-corrected chi connectivity index (χ4v) is 1.18. The predicted molar refractivity (Wildman–Crippen MR) is 55.5 cm³/mol. The second kappa shape index (κ2) is 4.76. The molecule has 1 unspecified atom stereocenters. The summed E-state index contributed by atoms with van der Waals surface area (Å²) < 4.78 is 55.7. The minimum atomic E-state index is -5.26. The Hall–Kier alpha value is -1.20. The molecule has 0 aromatic heterocycles. The first kappa shape index (κ1) is 12.9. The van der Waals surface area contributed by atoms with Gasteiger partial charge in [0.25, 0.3) is 0 Å². The maximum Gasteiger partial charge on any atom is 0.513 e. The summed E-state index contributed by atoms with van der Waals surface area (Å²) in [5, 5.41) is 0. The maximum atomic E-state index is 12.8. The number of hydrogen-bond acceptors (Lipinski definition) is 1. The highest BCUT2D eigenvalue weighted by Gasteiger charge is 2.30. The van der Waals surface area contributed by atoms with Crippen molar-refractivity contribution in [3.05, 3.63) is 24.0 Å². The molecule has 0 saturated heterocycles. The second-order valence-electron chi connectivity index (χ2n) is 3.59. The Labute approximate surface area is 91.5 Å². The molecule has 0 radical (unpaired) electrons. The normalized spacial score (nSPS) is 13.6. The highest BCUT2D eigenvalue weighted by molar-refractivity contribution is 6.74. The molecule has 1 nitrogen and oxygen atoms in total. The average molecular weight is 235 g/mol. The molecule has 1 atom stereocenters. The molecule has 1 rings (SSSR count). The fraction of sp³-hybridized carbons (Fsp3) is 0.400. The summed E-state index contributed by atoms with van der Waals surface area (Å²) in [7, 11) is 0. The van der Waals surface area contributed by atoms with Crippen LogP contribution in [0.2, 0.25) is 0 Å². The van der Waals surface area contributed by atoms with E-state index < -0.39 is 18.3 Å². The summed E-state index contributed by atoms with van der Waals surface area (Å²) in [6.07, 6.45) is 0.254. The van der Waals surface area contributed by atoms with Crippen molar-refractivity contribution in [3.8, 4) is 5.75 Å². The zero-order chi connectivity index (χ0) is 12.3. The Bertz CT molecular complexity index is 364. The Morgan fingerprint density at radius 3 is 2.44 bits per heavy atom. The van der Waals surface area contributed by atoms with E-state index in [-0.39, 0.29) is 11.9 Å². The number of halogens is 4. The van der Waals surface area contributed by atoms with Gasteiger partial charge in [-0.15, -0.1) is 0 Å². The fourth-order valence-electron chi connectivity index (χ4n) is 1.18. The zero-order valence-electron chi connectivity index (χ0n) is 9.01. The first-order valence-corrected chi connectivity index (χ1v) is 5.00. The summed E-state index contributed by atoms with van der Waals surface area (Å²) in [5.41, 5.74) is -1.01. The van der Waals surface area contributed by atoms with E-state index in [1.807, 2.05) is 0 Å². The molecule has 0 bridgehead atoms. The molecule has 0 saturated carbocycles. The van der Waals surface area contributed by atoms with Crippen molar-refractivity contribution in [3.63, 3.8) is 0 Å². The molecule has 0 heterocycles. The summed E-state index contributed by atoms with van der Waals surface area (Å²) >= 11 is 0. The third-order valence-corrected chi connectivity index (χ3v) is 2.23. The van der Waals surface area contributed by atoms with E-state index in [0.717, 1.165) is 12.1 Å². The van der Waals surface area contributed by atoms with Crippen LogP contribution in [0.1, 0.15) is 20.3 Å². The van der Waals surface area contributed by atoms with Gasteiger partial charge >= 0.3 is 6.98 Å². The predicted octanol–water partition coefficient (Wildman–Crippen LogP) is 3.06. The van der Waals surface area contributed by atoms with Crippen LogP contribution in [0, 0.1) is 5.82 Å². The van der Waals surface area contributed by atoms with E-state index >= 15 is 0 Å². The van der Waals surface area contributed by atoms with Crippen LogP contribution >= 0.6 is 0 Å². The Kier molecular flexibility index (Phi) is 3.83. The molecule has 0 N–H and O–H groups in total. The van der Waals surface area contributed by atoms with E-state index in [1.54, 1.807) is 13.8 Å². The molecule has 0 aliphatic carbocycles. The first-order valence-electron chi connectivity index (χ1n) is 5.00. The lowest BCUT2D eigenvalue weighted by Crippen LogP contribution is -2.36. The standard InChI is InChI=1S/C10H12BF4O/c1-3-7(2)16-10-5-4-8(12)6-9(10)11(13,14)15/h4-7H,3H2,1-2H3/q-1. The number of rotatable bonds is 4. The Morgan fingerprint density at radius 1 is 1.31 bits per heavy atom. The summed E-state index contributed by atoms with van der Waals surface area (Å²) in [6.45, 7) is -1.80. The van der Waals surface area contributed by atoms with Gasteiger partial charge in [-0.3, -0.25) is 0 Å². The lowest BCUT2D eigenvalue weighted by molar-refractivity contribution is 0.218. The highest BCUT2D eigenvalue weighted by atomic mass is 19.4. The van der Waals surface area contributed by atoms with Crippen molar-refractivity contribution in [1.82, 2.24) is 0 Å². The van der Waals surface area contributed by atoms with Crippen LogP contribution in [0.5, 0.6) is 5.75 Å². The topological polar surface area (TPSA) is 9.23 Å². The van der Waals surface area contributed by atoms with Gasteiger partial charge in [0.2, 0.25) is 0 Å². The van der Waals surface area contributed by atoms with E-state index in [2.05, 4.69) is 0 Å². The molecule has 1 aromatic carbocycles. The van der Waals surface area contributed by atoms with E-state index in [9.17, 15) is 17.3 Å². The summed E-state index contributed by atoms with van der Waals surface area (Å²) in [4.78, 5) is 0. The molecule has 16 heavy (non-hydrogen) atoms. The van der Waals surface area contributed by atoms with Crippen molar-refractivity contribution >= 4 is 12.4 Å². The van der Waals surface area contributed by atoms with Crippen LogP contribution in [0.15, 0.2) is 18.2 Å². The highest BCUT2D eigenvalue weighted by Crippen LogP contribution is 2.20. The van der Waals surface area contributed by atoms with E-state index in [4.69, 9.17) is 4.74 Å². The molecule has 6 heteroatoms. The number of benzene rings is 1. The number of hydrogen-bond donors (Lipinski definition) is 0. The molecule has 0 amide bonds. The van der Waals surface area contributed by atoms with Gasteiger partial charge in [0.1, 0.15) is 5.82 Å². The first-order chi connectivity index (χ1) is 7.34. The van der Waals surface area contributed by atoms with Gasteiger partial charge in [0.15, 0.2) is 0 Å². The SMILES string of the molecule is CCC(C)Oc1ccc(F)cc1[B-](F)(F)F. The van der Waals surface area contributed by atoms with Crippen molar-refractivity contribution in [2.24, 2.45) is 0 Å². The third kappa shape index (κ3) is 3.15. The van der Waals surface area contributed by atoms with Gasteiger partial charge in [-0.2, -0.15) is 0 Å². The molecule has 90 valence electrons. The van der Waals surface area contributed by atoms with Crippen molar-refractivity contribution in [2.75, 3.05) is 0 Å². The van der Waals surface area contributed by atoms with Crippen LogP contribution in [-0.4, -0.2) is 13.1 Å². The minimum absolute atomic E-state index is 0.303.